The number of pyridine rings is 2. The molecule has 12 nitrogen and oxygen atoms in total. The number of benzene rings is 2. The smallest absolute Gasteiger partial charge is 0.408 e. The van der Waals surface area contributed by atoms with E-state index < -0.39 is 11.7 Å². The average molecular weight is 667 g/mol. The number of nitrogens with two attached hydrogens (primary N) is 1. The van der Waals surface area contributed by atoms with Gasteiger partial charge in [0.15, 0.2) is 11.5 Å². The van der Waals surface area contributed by atoms with Gasteiger partial charge in [-0.15, -0.1) is 0 Å². The number of carbonyl (C=O) groups excluding carboxylic acids is 2. The van der Waals surface area contributed by atoms with Crippen LogP contribution in [-0.4, -0.2) is 46.8 Å². The maximum Gasteiger partial charge on any atom is 0.412 e. The summed E-state index contributed by atoms with van der Waals surface area (Å²) in [6.07, 6.45) is 4.10. The zero-order valence-corrected chi connectivity index (χ0v) is 28.2. The van der Waals surface area contributed by atoms with Gasteiger partial charge in [-0.05, 0) is 61.7 Å². The Balaban J connectivity index is 1.25. The molecule has 0 bridgehead atoms. The summed E-state index contributed by atoms with van der Waals surface area (Å²) in [5, 5.41) is 15.4. The first kappa shape index (κ1) is 35.0. The van der Waals surface area contributed by atoms with Crippen LogP contribution >= 0.6 is 0 Å². The highest BCUT2D eigenvalue weighted by molar-refractivity contribution is 5.97. The van der Waals surface area contributed by atoms with Gasteiger partial charge < -0.3 is 30.4 Å². The number of fused-ring (bicyclic) bond motifs is 4. The molecule has 1 aliphatic rings. The molecule has 2 aromatic carbocycles. The van der Waals surface area contributed by atoms with Crippen LogP contribution in [0.2, 0.25) is 0 Å². The van der Waals surface area contributed by atoms with E-state index in [-0.39, 0.29) is 22.8 Å². The first-order valence-electron chi connectivity index (χ1n) is 16.1. The molecule has 0 fully saturated rings. The number of aromatic nitrogens is 2. The molecule has 6 N–H and O–H groups in total. The van der Waals surface area contributed by atoms with E-state index in [0.717, 1.165) is 23.1 Å². The normalized spacial score (nSPS) is 13.2. The third-order valence-electron chi connectivity index (χ3n) is 8.85. The molecule has 3 heterocycles. The van der Waals surface area contributed by atoms with Gasteiger partial charge in [0, 0.05) is 48.8 Å². The van der Waals surface area contributed by atoms with E-state index in [0.29, 0.717) is 71.7 Å². The molecule has 2 aromatic heterocycles. The van der Waals surface area contributed by atoms with Gasteiger partial charge in [0.25, 0.3) is 5.56 Å². The quantitative estimate of drug-likeness (QED) is 0.0481. The van der Waals surface area contributed by atoms with Gasteiger partial charge in [-0.1, -0.05) is 50.3 Å². The van der Waals surface area contributed by atoms with Gasteiger partial charge in [0.05, 0.1) is 34.8 Å². The van der Waals surface area contributed by atoms with Crippen LogP contribution in [0.25, 0.3) is 28.4 Å². The minimum absolute atomic E-state index is 0.172. The van der Waals surface area contributed by atoms with Crippen molar-refractivity contribution in [2.45, 2.75) is 52.3 Å². The monoisotopic (exact) mass is 666 g/mol. The number of anilines is 1. The van der Waals surface area contributed by atoms with Crippen molar-refractivity contribution < 1.29 is 24.3 Å². The molecule has 0 aliphatic carbocycles. The number of nitrogens with one attached hydrogen (secondary N) is 3. The van der Waals surface area contributed by atoms with Crippen molar-refractivity contribution in [1.29, 1.82) is 0 Å². The molecule has 0 saturated carbocycles. The van der Waals surface area contributed by atoms with Crippen LogP contribution in [0.5, 0.6) is 5.75 Å². The molecule has 256 valence electrons. The number of ether oxygens (including phenoxy) is 2. The minimum atomic E-state index is -1.27. The molecule has 1 amide bonds. The number of hydroxylamine groups is 1. The highest BCUT2D eigenvalue weighted by atomic mass is 16.6. The van der Waals surface area contributed by atoms with E-state index in [9.17, 15) is 14.4 Å². The van der Waals surface area contributed by atoms with Crippen LogP contribution in [0, 0.1) is 0 Å². The number of hydrogen-bond donors (Lipinski definition) is 5. The largest absolute Gasteiger partial charge is 0.412 e. The average Bonchev–Trinajstić information content (AvgIpc) is 3.46. The molecule has 0 saturated heterocycles. The third-order valence-corrected chi connectivity index (χ3v) is 8.85. The molecule has 1 aliphatic heterocycles. The third kappa shape index (κ3) is 7.26. The highest BCUT2D eigenvalue weighted by Gasteiger charge is 2.37. The fourth-order valence-corrected chi connectivity index (χ4v) is 5.90. The Hall–Kier alpha value is -5.30. The second-order valence-electron chi connectivity index (χ2n) is 12.1. The Morgan fingerprint density at radius 2 is 1.92 bits per heavy atom. The number of carbonyl (C=O) groups is 2. The molecule has 0 radical (unpaired) electrons. The summed E-state index contributed by atoms with van der Waals surface area (Å²) in [4.78, 5) is 44.0. The number of amides is 1. The highest BCUT2D eigenvalue weighted by Crippen LogP contribution is 2.39. The van der Waals surface area contributed by atoms with Crippen molar-refractivity contribution in [3.8, 4) is 17.1 Å². The first-order valence-corrected chi connectivity index (χ1v) is 16.1. The molecule has 1 atom stereocenters. The van der Waals surface area contributed by atoms with Gasteiger partial charge in [-0.3, -0.25) is 20.3 Å². The number of rotatable bonds is 14. The van der Waals surface area contributed by atoms with Gasteiger partial charge in [-0.25, -0.2) is 9.78 Å². The van der Waals surface area contributed by atoms with Crippen molar-refractivity contribution in [2.75, 3.05) is 25.9 Å². The van der Waals surface area contributed by atoms with E-state index in [1.807, 2.05) is 54.9 Å². The number of Topliss-reactive ketones (excluding diaryl/α,β-unsaturated/α-hetero) is 1. The maximum absolute atomic E-state index is 13.8. The molecule has 4 aromatic rings. The van der Waals surface area contributed by atoms with Gasteiger partial charge >= 0.3 is 6.09 Å². The Bertz CT molecular complexity index is 2000. The van der Waals surface area contributed by atoms with E-state index in [2.05, 4.69) is 17.2 Å². The topological polar surface area (TPSA) is 170 Å². The van der Waals surface area contributed by atoms with Crippen molar-refractivity contribution >= 4 is 34.5 Å². The fraction of sp³-hybridized carbons (Fsp3) is 0.297. The second kappa shape index (κ2) is 14.9. The number of nitrogens with zero attached hydrogens (tertiary/aromatic N) is 2. The first-order chi connectivity index (χ1) is 23.5. The van der Waals surface area contributed by atoms with E-state index in [1.165, 1.54) is 14.0 Å². The van der Waals surface area contributed by atoms with Gasteiger partial charge in [-0.2, -0.15) is 0 Å². The number of nitrogen functional groups attached to an aromatic ring is 1. The summed E-state index contributed by atoms with van der Waals surface area (Å²) >= 11 is 0. The summed E-state index contributed by atoms with van der Waals surface area (Å²) in [6.45, 7) is 10.5. The maximum atomic E-state index is 13.8. The van der Waals surface area contributed by atoms with Crippen LogP contribution in [0.15, 0.2) is 71.7 Å². The molecule has 12 heteroatoms. The van der Waals surface area contributed by atoms with Crippen LogP contribution in [0.1, 0.15) is 55.0 Å². The Kier molecular flexibility index (Phi) is 10.6. The zero-order chi connectivity index (χ0) is 35.3. The van der Waals surface area contributed by atoms with Crippen molar-refractivity contribution in [1.82, 2.24) is 25.7 Å². The van der Waals surface area contributed by atoms with Crippen molar-refractivity contribution in [3.63, 3.8) is 0 Å². The number of allylic oxidation sites excluding steroid dienone is 1. The predicted octanol–water partition coefficient (Wildman–Crippen LogP) is 4.79. The van der Waals surface area contributed by atoms with Gasteiger partial charge in [0.2, 0.25) is 0 Å². The minimum Gasteiger partial charge on any atom is -0.408 e. The Labute approximate surface area is 284 Å². The summed E-state index contributed by atoms with van der Waals surface area (Å²) in [5.74, 6) is 0.00319. The lowest BCUT2D eigenvalue weighted by atomic mass is 9.86. The molecule has 5 rings (SSSR count). The predicted molar refractivity (Wildman–Crippen MR) is 189 cm³/mol. The summed E-state index contributed by atoms with van der Waals surface area (Å²) in [6, 6.07) is 14.9. The molecular formula is C37H42N6O6. The molecule has 49 heavy (non-hydrogen) atoms. The fourth-order valence-electron chi connectivity index (χ4n) is 5.90. The molecular weight excluding hydrogens is 624 g/mol. The van der Waals surface area contributed by atoms with Crippen LogP contribution < -0.4 is 32.1 Å². The van der Waals surface area contributed by atoms with Crippen LogP contribution in [0.4, 0.5) is 10.5 Å². The van der Waals surface area contributed by atoms with Crippen LogP contribution in [0.3, 0.4) is 0 Å². The molecule has 0 spiro atoms. The lowest BCUT2D eigenvalue weighted by Gasteiger charge is -2.28. The van der Waals surface area contributed by atoms with E-state index in [1.54, 1.807) is 29.7 Å². The number of ketones is 1. The number of methoxy groups -OCH3 is 1. The Morgan fingerprint density at radius 1 is 1.16 bits per heavy atom. The van der Waals surface area contributed by atoms with Crippen LogP contribution in [-0.2, 0) is 34.6 Å². The summed E-state index contributed by atoms with van der Waals surface area (Å²) < 4.78 is 12.9. The summed E-state index contributed by atoms with van der Waals surface area (Å²) in [7, 11) is 1.47. The standard InChI is InChI=1S/C37H42N6O6/c1-6-7-27-29(37(4,48-5)23(3)44)19-31-34-26(21-43(31)35(27)45)18-28-30(41-34)14-15-32(33(28)38)49-36(46)40-17-16-39-20-25-12-10-24(11-13-25)9-8-22(2)42-47/h8-15,18-19,39,42,47H,2,6-7,16-17,20-21,38H2,1,3-5H3,(H,40,46)/b9-8+/t37-/m1/s1. The SMILES string of the molecule is C=C(/C=C/c1ccc(CNCCNC(=O)Oc2ccc3nc4c(cc3c2N)Cn2c-4cc([C@](C)(OC)C(C)=O)c(CCC)c2=O)cc1)NO. The lowest BCUT2D eigenvalue weighted by Crippen LogP contribution is -2.37. The van der Waals surface area contributed by atoms with Gasteiger partial charge in [0.1, 0.15) is 5.60 Å². The zero-order valence-electron chi connectivity index (χ0n) is 28.2. The molecule has 0 unspecified atom stereocenters. The van der Waals surface area contributed by atoms with Crippen molar-refractivity contribution in [3.05, 3.63) is 105 Å². The summed E-state index contributed by atoms with van der Waals surface area (Å²) in [5.41, 5.74) is 13.4. The number of hydrogen-bond acceptors (Lipinski definition) is 10. The second-order valence-corrected chi connectivity index (χ2v) is 12.1. The van der Waals surface area contributed by atoms with E-state index in [4.69, 9.17) is 25.4 Å². The van der Waals surface area contributed by atoms with Crippen molar-refractivity contribution in [2.24, 2.45) is 0 Å². The Morgan fingerprint density at radius 3 is 2.59 bits per heavy atom. The van der Waals surface area contributed by atoms with E-state index >= 15 is 0 Å². The lowest BCUT2D eigenvalue weighted by molar-refractivity contribution is -0.137.